The van der Waals surface area contributed by atoms with Crippen LogP contribution in [0.2, 0.25) is 0 Å². The quantitative estimate of drug-likeness (QED) is 0.869. The summed E-state index contributed by atoms with van der Waals surface area (Å²) >= 11 is 0. The molecule has 0 saturated heterocycles. The summed E-state index contributed by atoms with van der Waals surface area (Å²) in [4.78, 5) is 8.09. The van der Waals surface area contributed by atoms with Crippen molar-refractivity contribution in [2.24, 2.45) is 0 Å². The lowest BCUT2D eigenvalue weighted by Crippen LogP contribution is -1.98. The molecule has 0 saturated carbocycles. The van der Waals surface area contributed by atoms with Crippen LogP contribution in [0.4, 0.5) is 8.78 Å². The molecule has 0 aliphatic carbocycles. The molecule has 0 radical (unpaired) electrons. The summed E-state index contributed by atoms with van der Waals surface area (Å²) in [6.45, 7) is 1.48. The van der Waals surface area contributed by atoms with Crippen LogP contribution in [0.5, 0.6) is 0 Å². The summed E-state index contributed by atoms with van der Waals surface area (Å²) in [6.07, 6.45) is 0. The molecule has 0 aliphatic heterocycles. The highest BCUT2D eigenvalue weighted by Gasteiger charge is 2.07. The largest absolute Gasteiger partial charge is 0.390 e. The molecule has 0 fully saturated rings. The molecule has 0 amide bonds. The zero-order valence-electron chi connectivity index (χ0n) is 9.11. The number of hydrogen-bond acceptors (Lipinski definition) is 3. The molecule has 1 N–H and O–H groups in total. The van der Waals surface area contributed by atoms with Gasteiger partial charge in [-0.15, -0.1) is 0 Å². The van der Waals surface area contributed by atoms with Crippen LogP contribution in [-0.4, -0.2) is 15.1 Å². The fraction of sp³-hybridized carbons (Fsp3) is 0.167. The van der Waals surface area contributed by atoms with Crippen molar-refractivity contribution in [3.05, 3.63) is 47.3 Å². The number of aryl methyl sites for hydroxylation is 1. The second kappa shape index (κ2) is 4.55. The molecule has 5 heteroatoms. The maximum absolute atomic E-state index is 13.1. The molecular weight excluding hydrogens is 226 g/mol. The van der Waals surface area contributed by atoms with Gasteiger partial charge in [0.2, 0.25) is 0 Å². The monoisotopic (exact) mass is 236 g/mol. The van der Waals surface area contributed by atoms with E-state index in [4.69, 9.17) is 5.11 Å². The van der Waals surface area contributed by atoms with Crippen molar-refractivity contribution in [1.82, 2.24) is 9.97 Å². The Morgan fingerprint density at radius 2 is 1.71 bits per heavy atom. The molecule has 3 nitrogen and oxygen atoms in total. The molecule has 88 valence electrons. The second-order valence-electron chi connectivity index (χ2n) is 3.64. The smallest absolute Gasteiger partial charge is 0.159 e. The van der Waals surface area contributed by atoms with E-state index in [0.717, 1.165) is 18.2 Å². The van der Waals surface area contributed by atoms with Crippen LogP contribution < -0.4 is 0 Å². The topological polar surface area (TPSA) is 46.0 Å². The molecule has 1 aromatic heterocycles. The van der Waals surface area contributed by atoms with Gasteiger partial charge in [0.1, 0.15) is 11.6 Å². The number of aliphatic hydroxyl groups excluding tert-OH is 1. The fourth-order valence-corrected chi connectivity index (χ4v) is 1.53. The van der Waals surface area contributed by atoms with Gasteiger partial charge < -0.3 is 5.11 Å². The van der Waals surface area contributed by atoms with Crippen LogP contribution >= 0.6 is 0 Å². The van der Waals surface area contributed by atoms with Crippen LogP contribution in [0.1, 0.15) is 11.4 Å². The van der Waals surface area contributed by atoms with Gasteiger partial charge in [-0.05, 0) is 25.1 Å². The fourth-order valence-electron chi connectivity index (χ4n) is 1.53. The van der Waals surface area contributed by atoms with Crippen LogP contribution in [0.15, 0.2) is 24.3 Å². The predicted molar refractivity (Wildman–Crippen MR) is 58.0 cm³/mol. The van der Waals surface area contributed by atoms with E-state index in [2.05, 4.69) is 9.97 Å². The van der Waals surface area contributed by atoms with Gasteiger partial charge in [-0.1, -0.05) is 0 Å². The van der Waals surface area contributed by atoms with Gasteiger partial charge >= 0.3 is 0 Å². The maximum Gasteiger partial charge on any atom is 0.159 e. The van der Waals surface area contributed by atoms with Crippen LogP contribution in [0, 0.1) is 18.6 Å². The molecular formula is C12H10F2N2O. The summed E-state index contributed by atoms with van der Waals surface area (Å²) in [6, 6.07) is 4.70. The number of aromatic nitrogens is 2. The van der Waals surface area contributed by atoms with Gasteiger partial charge in [-0.2, -0.15) is 0 Å². The third kappa shape index (κ3) is 2.62. The summed E-state index contributed by atoms with van der Waals surface area (Å²) in [7, 11) is 0. The highest BCUT2D eigenvalue weighted by molar-refractivity contribution is 5.55. The van der Waals surface area contributed by atoms with E-state index in [0.29, 0.717) is 11.4 Å². The van der Waals surface area contributed by atoms with Crippen LogP contribution in [0.3, 0.4) is 0 Å². The molecule has 0 atom stereocenters. The number of rotatable bonds is 2. The number of halogens is 2. The van der Waals surface area contributed by atoms with E-state index in [1.165, 1.54) is 0 Å². The van der Waals surface area contributed by atoms with E-state index in [1.807, 2.05) is 0 Å². The zero-order valence-corrected chi connectivity index (χ0v) is 9.11. The molecule has 2 rings (SSSR count). The standard InChI is InChI=1S/C12H10F2N2O/c1-7-2-11(6-17)16-12(15-7)8-3-9(13)5-10(14)4-8/h2-5,17H,6H2,1H3. The Labute approximate surface area is 96.8 Å². The number of aliphatic hydroxyl groups is 1. The summed E-state index contributed by atoms with van der Waals surface area (Å²) in [5.74, 6) is -1.17. The molecule has 1 aromatic carbocycles. The van der Waals surface area contributed by atoms with E-state index in [-0.39, 0.29) is 18.0 Å². The van der Waals surface area contributed by atoms with Crippen molar-refractivity contribution in [2.45, 2.75) is 13.5 Å². The zero-order chi connectivity index (χ0) is 12.4. The van der Waals surface area contributed by atoms with Gasteiger partial charge in [0, 0.05) is 17.3 Å². The van der Waals surface area contributed by atoms with Crippen molar-refractivity contribution in [3.63, 3.8) is 0 Å². The Bertz CT molecular complexity index is 538. The number of benzene rings is 1. The maximum atomic E-state index is 13.1. The highest BCUT2D eigenvalue weighted by Crippen LogP contribution is 2.18. The predicted octanol–water partition coefficient (Wildman–Crippen LogP) is 2.22. The minimum absolute atomic E-state index is 0.201. The van der Waals surface area contributed by atoms with E-state index in [9.17, 15) is 8.78 Å². The third-order valence-electron chi connectivity index (χ3n) is 2.19. The molecule has 1 heterocycles. The van der Waals surface area contributed by atoms with Crippen molar-refractivity contribution in [2.75, 3.05) is 0 Å². The average Bonchev–Trinajstić information content (AvgIpc) is 2.26. The Morgan fingerprint density at radius 3 is 2.29 bits per heavy atom. The van der Waals surface area contributed by atoms with Gasteiger partial charge in [-0.3, -0.25) is 0 Å². The Morgan fingerprint density at radius 1 is 1.06 bits per heavy atom. The van der Waals surface area contributed by atoms with Crippen LogP contribution in [-0.2, 0) is 6.61 Å². The summed E-state index contributed by atoms with van der Waals surface area (Å²) in [5, 5.41) is 9.00. The lowest BCUT2D eigenvalue weighted by Gasteiger charge is -2.04. The van der Waals surface area contributed by atoms with Crippen LogP contribution in [0.25, 0.3) is 11.4 Å². The Balaban J connectivity index is 2.55. The summed E-state index contributed by atoms with van der Waals surface area (Å²) < 4.78 is 26.1. The first kappa shape index (κ1) is 11.6. The molecule has 0 bridgehead atoms. The second-order valence-corrected chi connectivity index (χ2v) is 3.64. The van der Waals surface area contributed by atoms with Crippen molar-refractivity contribution >= 4 is 0 Å². The Kier molecular flexibility index (Phi) is 3.10. The molecule has 2 aromatic rings. The van der Waals surface area contributed by atoms with Crippen molar-refractivity contribution < 1.29 is 13.9 Å². The SMILES string of the molecule is Cc1cc(CO)nc(-c2cc(F)cc(F)c2)n1. The summed E-state index contributed by atoms with van der Waals surface area (Å²) in [5.41, 5.74) is 1.29. The van der Waals surface area contributed by atoms with E-state index < -0.39 is 11.6 Å². The number of nitrogens with zero attached hydrogens (tertiary/aromatic N) is 2. The van der Waals surface area contributed by atoms with Crippen molar-refractivity contribution in [1.29, 1.82) is 0 Å². The van der Waals surface area contributed by atoms with Gasteiger partial charge in [0.05, 0.1) is 12.3 Å². The average molecular weight is 236 g/mol. The first-order valence-corrected chi connectivity index (χ1v) is 5.00. The minimum Gasteiger partial charge on any atom is -0.390 e. The normalized spacial score (nSPS) is 10.6. The van der Waals surface area contributed by atoms with Gasteiger partial charge in [0.15, 0.2) is 5.82 Å². The third-order valence-corrected chi connectivity index (χ3v) is 2.19. The highest BCUT2D eigenvalue weighted by atomic mass is 19.1. The molecule has 0 unspecified atom stereocenters. The first-order chi connectivity index (χ1) is 8.08. The lowest BCUT2D eigenvalue weighted by molar-refractivity contribution is 0.276. The molecule has 0 spiro atoms. The number of hydrogen-bond donors (Lipinski definition) is 1. The van der Waals surface area contributed by atoms with E-state index in [1.54, 1.807) is 13.0 Å². The lowest BCUT2D eigenvalue weighted by atomic mass is 10.2. The van der Waals surface area contributed by atoms with E-state index >= 15 is 0 Å². The van der Waals surface area contributed by atoms with Gasteiger partial charge in [0.25, 0.3) is 0 Å². The van der Waals surface area contributed by atoms with Gasteiger partial charge in [-0.25, -0.2) is 18.7 Å². The Hall–Kier alpha value is -1.88. The minimum atomic E-state index is -0.685. The molecule has 17 heavy (non-hydrogen) atoms. The first-order valence-electron chi connectivity index (χ1n) is 5.00. The molecule has 0 aliphatic rings. The van der Waals surface area contributed by atoms with Crippen molar-refractivity contribution in [3.8, 4) is 11.4 Å².